The lowest BCUT2D eigenvalue weighted by Crippen LogP contribution is -2.28. The third-order valence-electron chi connectivity index (χ3n) is 5.14. The van der Waals surface area contributed by atoms with E-state index in [1.165, 1.54) is 26.2 Å². The molecule has 32 heavy (non-hydrogen) atoms. The molecule has 168 valence electrons. The summed E-state index contributed by atoms with van der Waals surface area (Å²) < 4.78 is 16.3. The fourth-order valence-electron chi connectivity index (χ4n) is 3.50. The predicted octanol–water partition coefficient (Wildman–Crippen LogP) is 3.86. The molecule has 0 aliphatic carbocycles. The Hall–Kier alpha value is -3.81. The van der Waals surface area contributed by atoms with Crippen molar-refractivity contribution >= 4 is 22.8 Å². The number of carbonyl (C=O) groups excluding carboxylic acids is 1. The largest absolute Gasteiger partial charge is 0.493 e. The molecule has 0 saturated heterocycles. The van der Waals surface area contributed by atoms with Crippen LogP contribution in [0, 0.1) is 0 Å². The first kappa shape index (κ1) is 22.9. The molecule has 8 heteroatoms. The maximum Gasteiger partial charge on any atom is 0.303 e. The van der Waals surface area contributed by atoms with Crippen molar-refractivity contribution in [3.05, 3.63) is 48.0 Å². The lowest BCUT2D eigenvalue weighted by atomic mass is 10.0. The predicted molar refractivity (Wildman–Crippen MR) is 121 cm³/mol. The molecule has 0 atom stereocenters. The van der Waals surface area contributed by atoms with Gasteiger partial charge in [-0.05, 0) is 30.7 Å². The van der Waals surface area contributed by atoms with Crippen LogP contribution in [0.5, 0.6) is 17.2 Å². The number of carboxylic acid groups (broad SMARTS) is 1. The van der Waals surface area contributed by atoms with Gasteiger partial charge in [-0.1, -0.05) is 18.2 Å². The summed E-state index contributed by atoms with van der Waals surface area (Å²) in [6.07, 6.45) is 0.381. The van der Waals surface area contributed by atoms with Gasteiger partial charge >= 0.3 is 5.97 Å². The van der Waals surface area contributed by atoms with Gasteiger partial charge < -0.3 is 24.2 Å². The average Bonchev–Trinajstić information content (AvgIpc) is 2.81. The minimum atomic E-state index is -0.884. The van der Waals surface area contributed by atoms with Gasteiger partial charge in [-0.25, -0.2) is 4.98 Å². The van der Waals surface area contributed by atoms with Gasteiger partial charge in [0.25, 0.3) is 5.91 Å². The number of rotatable bonds is 9. The van der Waals surface area contributed by atoms with Gasteiger partial charge in [0.05, 0.1) is 38.1 Å². The quantitative estimate of drug-likeness (QED) is 0.542. The minimum Gasteiger partial charge on any atom is -0.493 e. The first-order valence-electron chi connectivity index (χ1n) is 10.1. The highest BCUT2D eigenvalue weighted by atomic mass is 16.5. The van der Waals surface area contributed by atoms with Gasteiger partial charge in [0.15, 0.2) is 11.5 Å². The Morgan fingerprint density at radius 2 is 1.66 bits per heavy atom. The number of hydrogen-bond acceptors (Lipinski definition) is 6. The fourth-order valence-corrected chi connectivity index (χ4v) is 3.50. The van der Waals surface area contributed by atoms with Gasteiger partial charge in [0.2, 0.25) is 5.75 Å². The average molecular weight is 438 g/mol. The summed E-state index contributed by atoms with van der Waals surface area (Å²) in [5, 5.41) is 9.59. The van der Waals surface area contributed by atoms with E-state index in [2.05, 4.69) is 0 Å². The highest BCUT2D eigenvalue weighted by Gasteiger charge is 2.20. The molecule has 2 aromatic carbocycles. The van der Waals surface area contributed by atoms with E-state index in [0.717, 1.165) is 5.39 Å². The number of amides is 1. The second-order valence-corrected chi connectivity index (χ2v) is 7.21. The number of carbonyl (C=O) groups is 2. The number of methoxy groups -OCH3 is 3. The van der Waals surface area contributed by atoms with Crippen LogP contribution >= 0.6 is 0 Å². The number of para-hydroxylation sites is 1. The normalized spacial score (nSPS) is 10.6. The molecule has 0 spiro atoms. The number of hydrogen-bond donors (Lipinski definition) is 1. The first-order valence-corrected chi connectivity index (χ1v) is 10.1. The van der Waals surface area contributed by atoms with Gasteiger partial charge in [-0.3, -0.25) is 9.59 Å². The summed E-state index contributed by atoms with van der Waals surface area (Å²) in [6, 6.07) is 12.7. The lowest BCUT2D eigenvalue weighted by molar-refractivity contribution is -0.137. The molecular weight excluding hydrogens is 412 g/mol. The Bertz CT molecular complexity index is 1120. The van der Waals surface area contributed by atoms with Crippen molar-refractivity contribution in [1.82, 2.24) is 9.88 Å². The third-order valence-corrected chi connectivity index (χ3v) is 5.14. The number of aromatic nitrogens is 1. The van der Waals surface area contributed by atoms with Crippen molar-refractivity contribution in [3.63, 3.8) is 0 Å². The van der Waals surface area contributed by atoms with Gasteiger partial charge in [-0.2, -0.15) is 0 Å². The van der Waals surface area contributed by atoms with E-state index in [-0.39, 0.29) is 12.3 Å². The van der Waals surface area contributed by atoms with Crippen molar-refractivity contribution in [1.29, 1.82) is 0 Å². The minimum absolute atomic E-state index is 0.00536. The first-order chi connectivity index (χ1) is 15.4. The second-order valence-electron chi connectivity index (χ2n) is 7.21. The van der Waals surface area contributed by atoms with Crippen LogP contribution in [0.1, 0.15) is 23.2 Å². The van der Waals surface area contributed by atoms with E-state index < -0.39 is 5.97 Å². The Kier molecular flexibility index (Phi) is 7.14. The summed E-state index contributed by atoms with van der Waals surface area (Å²) in [6.45, 7) is 0.335. The Labute approximate surface area is 186 Å². The molecule has 0 aliphatic rings. The number of nitrogens with zero attached hydrogens (tertiary/aromatic N) is 2. The molecule has 1 N–H and O–H groups in total. The monoisotopic (exact) mass is 438 g/mol. The Morgan fingerprint density at radius 1 is 1.00 bits per heavy atom. The molecule has 3 aromatic rings. The van der Waals surface area contributed by atoms with Crippen molar-refractivity contribution < 1.29 is 28.9 Å². The molecule has 1 heterocycles. The topological polar surface area (TPSA) is 98.2 Å². The van der Waals surface area contributed by atoms with Crippen molar-refractivity contribution in [2.45, 2.75) is 12.8 Å². The number of benzene rings is 2. The van der Waals surface area contributed by atoms with Crippen LogP contribution in [0.3, 0.4) is 0 Å². The molecule has 8 nitrogen and oxygen atoms in total. The number of aliphatic carboxylic acids is 1. The molecule has 1 aromatic heterocycles. The van der Waals surface area contributed by atoms with E-state index in [1.54, 1.807) is 25.2 Å². The second kappa shape index (κ2) is 10.00. The molecule has 0 aliphatic heterocycles. The Balaban J connectivity index is 2.09. The van der Waals surface area contributed by atoms with Crippen LogP contribution in [0.15, 0.2) is 42.5 Å². The van der Waals surface area contributed by atoms with Crippen molar-refractivity contribution in [3.8, 4) is 28.5 Å². The molecular formula is C24H26N2O6. The Morgan fingerprint density at radius 3 is 2.25 bits per heavy atom. The van der Waals surface area contributed by atoms with Crippen LogP contribution in [0.4, 0.5) is 0 Å². The number of carboxylic acids is 1. The standard InChI is InChI=1S/C24H26N2O6/c1-26(11-7-10-22(27)28)24(29)17-14-19(25-18-9-6-5-8-16(17)18)15-12-20(30-2)23(32-4)21(13-15)31-3/h5-6,8-9,12-14H,7,10-11H2,1-4H3,(H,27,28). The summed E-state index contributed by atoms with van der Waals surface area (Å²) >= 11 is 0. The van der Waals surface area contributed by atoms with Crippen molar-refractivity contribution in [2.75, 3.05) is 34.9 Å². The van der Waals surface area contributed by atoms with Crippen LogP contribution in [-0.2, 0) is 4.79 Å². The summed E-state index contributed by atoms with van der Waals surface area (Å²) in [4.78, 5) is 30.3. The van der Waals surface area contributed by atoms with Gasteiger partial charge in [0, 0.05) is 31.0 Å². The zero-order valence-electron chi connectivity index (χ0n) is 18.5. The number of fused-ring (bicyclic) bond motifs is 1. The van der Waals surface area contributed by atoms with E-state index in [4.69, 9.17) is 24.3 Å². The highest BCUT2D eigenvalue weighted by Crippen LogP contribution is 2.41. The molecule has 0 fully saturated rings. The molecule has 1 amide bonds. The van der Waals surface area contributed by atoms with Crippen LogP contribution < -0.4 is 14.2 Å². The van der Waals surface area contributed by atoms with Gasteiger partial charge in [-0.15, -0.1) is 0 Å². The SMILES string of the molecule is COc1cc(-c2cc(C(=O)N(C)CCCC(=O)O)c3ccccc3n2)cc(OC)c1OC. The molecule has 0 radical (unpaired) electrons. The summed E-state index contributed by atoms with van der Waals surface area (Å²) in [5.74, 6) is 0.340. The number of ether oxygens (including phenoxy) is 3. The van der Waals surface area contributed by atoms with Crippen molar-refractivity contribution in [2.24, 2.45) is 0 Å². The van der Waals surface area contributed by atoms with Gasteiger partial charge in [0.1, 0.15) is 0 Å². The maximum atomic E-state index is 13.2. The number of pyridine rings is 1. The third kappa shape index (κ3) is 4.74. The van der Waals surface area contributed by atoms with E-state index in [9.17, 15) is 9.59 Å². The fraction of sp³-hybridized carbons (Fsp3) is 0.292. The van der Waals surface area contributed by atoms with E-state index in [1.807, 2.05) is 24.3 Å². The van der Waals surface area contributed by atoms with Crippen LogP contribution in [-0.4, -0.2) is 61.8 Å². The van der Waals surface area contributed by atoms with Crippen LogP contribution in [0.25, 0.3) is 22.2 Å². The molecule has 0 saturated carbocycles. The van der Waals surface area contributed by atoms with E-state index in [0.29, 0.717) is 52.6 Å². The van der Waals surface area contributed by atoms with E-state index >= 15 is 0 Å². The maximum absolute atomic E-state index is 13.2. The molecule has 0 unspecified atom stereocenters. The summed E-state index contributed by atoms with van der Waals surface area (Å²) in [5.41, 5.74) is 2.43. The van der Waals surface area contributed by atoms with Crippen LogP contribution in [0.2, 0.25) is 0 Å². The lowest BCUT2D eigenvalue weighted by Gasteiger charge is -2.19. The molecule has 3 rings (SSSR count). The highest BCUT2D eigenvalue weighted by molar-refractivity contribution is 6.07. The smallest absolute Gasteiger partial charge is 0.303 e. The summed E-state index contributed by atoms with van der Waals surface area (Å²) in [7, 11) is 6.27. The molecule has 0 bridgehead atoms. The zero-order valence-corrected chi connectivity index (χ0v) is 18.5. The zero-order chi connectivity index (χ0) is 23.3.